The summed E-state index contributed by atoms with van der Waals surface area (Å²) in [4.78, 5) is 8.28. The van der Waals surface area contributed by atoms with Gasteiger partial charge in [-0.1, -0.05) is 19.8 Å². The fraction of sp³-hybridized carbons (Fsp3) is 0.600. The molecular weight excluding hydrogens is 350 g/mol. The van der Waals surface area contributed by atoms with Gasteiger partial charge in [-0.2, -0.15) is 27.7 Å². The molecule has 0 spiro atoms. The van der Waals surface area contributed by atoms with Crippen molar-refractivity contribution in [1.29, 1.82) is 0 Å². The van der Waals surface area contributed by atoms with E-state index in [0.717, 1.165) is 5.56 Å². The Morgan fingerprint density at radius 3 is 1.67 bits per heavy atom. The first-order chi connectivity index (χ1) is 10.6. The molecule has 3 nitrogen and oxygen atoms in total. The summed E-state index contributed by atoms with van der Waals surface area (Å²) in [5.74, 6) is 6.66. The first kappa shape index (κ1) is 28.0. The van der Waals surface area contributed by atoms with E-state index in [9.17, 15) is 5.11 Å². The number of hydrogen-bond donors (Lipinski definition) is 1. The zero-order valence-electron chi connectivity index (χ0n) is 17.0. The molecule has 0 unspecified atom stereocenters. The Morgan fingerprint density at radius 1 is 1.00 bits per heavy atom. The van der Waals surface area contributed by atoms with Gasteiger partial charge in [0.2, 0.25) is 5.82 Å². The molecule has 132 valence electrons. The van der Waals surface area contributed by atoms with Gasteiger partial charge in [-0.15, -0.1) is 0 Å². The third-order valence-corrected chi connectivity index (χ3v) is 2.19. The van der Waals surface area contributed by atoms with Crippen LogP contribution in [0.2, 0.25) is 0 Å². The van der Waals surface area contributed by atoms with E-state index in [-0.39, 0.29) is 30.8 Å². The number of aliphatic hydroxyl groups excluding tert-OH is 1. The van der Waals surface area contributed by atoms with Crippen LogP contribution in [0.25, 0.3) is 0 Å². The molecule has 0 aliphatic carbocycles. The molecule has 0 saturated heterocycles. The van der Waals surface area contributed by atoms with Crippen LogP contribution in [0, 0.1) is 36.0 Å². The average Bonchev–Trinajstić information content (AvgIpc) is 2.46. The Hall–Kier alpha value is -0.777. The van der Waals surface area contributed by atoms with Crippen molar-refractivity contribution in [3.8, 4) is 11.8 Å². The van der Waals surface area contributed by atoms with E-state index in [1.807, 2.05) is 75.2 Å². The van der Waals surface area contributed by atoms with Crippen molar-refractivity contribution in [3.63, 3.8) is 0 Å². The third kappa shape index (κ3) is 16.1. The Morgan fingerprint density at radius 2 is 1.38 bits per heavy atom. The fourth-order valence-corrected chi connectivity index (χ4v) is 1.18. The molecule has 0 aliphatic heterocycles. The van der Waals surface area contributed by atoms with Gasteiger partial charge in [0.1, 0.15) is 0 Å². The number of hydrogen-bond acceptors (Lipinski definition) is 3. The van der Waals surface area contributed by atoms with Crippen LogP contribution in [0.15, 0.2) is 12.4 Å². The van der Waals surface area contributed by atoms with Crippen LogP contribution in [0.5, 0.6) is 0 Å². The summed E-state index contributed by atoms with van der Waals surface area (Å²) < 4.78 is 0. The Balaban J connectivity index is -0.000000550. The molecular formula is C20H34N2OZn. The molecule has 1 heterocycles. The van der Waals surface area contributed by atoms with Crippen molar-refractivity contribution < 1.29 is 24.6 Å². The second-order valence-electron chi connectivity index (χ2n) is 6.68. The van der Waals surface area contributed by atoms with Gasteiger partial charge in [0.25, 0.3) is 0 Å². The molecule has 0 aliphatic rings. The van der Waals surface area contributed by atoms with Crippen molar-refractivity contribution in [2.45, 2.75) is 68.4 Å². The molecule has 24 heavy (non-hydrogen) atoms. The Labute approximate surface area is 162 Å². The van der Waals surface area contributed by atoms with E-state index in [4.69, 9.17) is 0 Å². The Bertz CT molecular complexity index is 451. The van der Waals surface area contributed by atoms with Gasteiger partial charge >= 0.3 is 19.5 Å². The maximum atomic E-state index is 9.83. The zero-order chi connectivity index (χ0) is 18.5. The van der Waals surface area contributed by atoms with Crippen molar-refractivity contribution in [2.75, 3.05) is 0 Å². The topological polar surface area (TPSA) is 46.0 Å². The van der Waals surface area contributed by atoms with Crippen LogP contribution in [-0.2, 0) is 19.5 Å². The molecule has 4 heteroatoms. The van der Waals surface area contributed by atoms with Gasteiger partial charge < -0.3 is 17.9 Å². The molecule has 1 aromatic heterocycles. The SMILES string of the molecule is CC(C)[C@H](O)c1cnc(C#CC(C)(C)C)nc1.C[CH-]C.C[CH-]C.[Zn+2]. The first-order valence-electron chi connectivity index (χ1n) is 8.14. The number of aliphatic hydroxyl groups is 1. The number of nitrogens with zero attached hydrogens (tertiary/aromatic N) is 2. The van der Waals surface area contributed by atoms with E-state index in [0.29, 0.717) is 5.82 Å². The van der Waals surface area contributed by atoms with Crippen LogP contribution >= 0.6 is 0 Å². The summed E-state index contributed by atoms with van der Waals surface area (Å²) in [6.07, 6.45) is 6.77. The van der Waals surface area contributed by atoms with E-state index in [2.05, 4.69) is 21.8 Å². The first-order valence-corrected chi connectivity index (χ1v) is 8.14. The minimum atomic E-state index is -0.514. The van der Waals surface area contributed by atoms with Gasteiger partial charge in [-0.25, -0.2) is 9.97 Å². The molecule has 1 rings (SSSR count). The molecule has 1 atom stereocenters. The van der Waals surface area contributed by atoms with E-state index >= 15 is 0 Å². The quantitative estimate of drug-likeness (QED) is 0.443. The molecule has 0 bridgehead atoms. The second-order valence-corrected chi connectivity index (χ2v) is 6.68. The van der Waals surface area contributed by atoms with Crippen LogP contribution in [0.4, 0.5) is 0 Å². The van der Waals surface area contributed by atoms with E-state index < -0.39 is 6.10 Å². The normalized spacial score (nSPS) is 10.8. The summed E-state index contributed by atoms with van der Waals surface area (Å²) in [7, 11) is 0. The molecule has 0 saturated carbocycles. The third-order valence-electron chi connectivity index (χ3n) is 2.19. The second kappa shape index (κ2) is 15.7. The number of rotatable bonds is 2. The Kier molecular flexibility index (Phi) is 18.4. The minimum absolute atomic E-state index is 0. The molecule has 0 fully saturated rings. The van der Waals surface area contributed by atoms with Gasteiger partial charge in [-0.3, -0.25) is 0 Å². The standard InChI is InChI=1S/C14H20N2O.2C3H7.Zn/c1-10(2)13(17)11-8-15-12(16-9-11)6-7-14(3,4)5;2*1-3-2;/h8-10,13,17H,1-5H3;2*3H,1-2H3;/q;2*-1;+2/t13-;;;/m0.../s1. The smallest absolute Gasteiger partial charge is 0.388 e. The molecule has 1 N–H and O–H groups in total. The van der Waals surface area contributed by atoms with Gasteiger partial charge in [0.05, 0.1) is 6.10 Å². The zero-order valence-corrected chi connectivity index (χ0v) is 20.0. The summed E-state index contributed by atoms with van der Waals surface area (Å²) in [6, 6.07) is 0. The van der Waals surface area contributed by atoms with Crippen LogP contribution in [-0.4, -0.2) is 15.1 Å². The van der Waals surface area contributed by atoms with E-state index in [1.54, 1.807) is 12.4 Å². The number of aromatic nitrogens is 2. The van der Waals surface area contributed by atoms with Gasteiger partial charge in [0, 0.05) is 23.4 Å². The summed E-state index contributed by atoms with van der Waals surface area (Å²) in [6.45, 7) is 18.0. The van der Waals surface area contributed by atoms with Crippen LogP contribution < -0.4 is 0 Å². The molecule has 0 radical (unpaired) electrons. The van der Waals surface area contributed by atoms with Gasteiger partial charge in [0.15, 0.2) is 0 Å². The average molecular weight is 384 g/mol. The largest absolute Gasteiger partial charge is 2.00 e. The van der Waals surface area contributed by atoms with E-state index in [1.165, 1.54) is 0 Å². The van der Waals surface area contributed by atoms with Crippen molar-refractivity contribution in [3.05, 3.63) is 36.6 Å². The predicted molar refractivity (Wildman–Crippen MR) is 99.5 cm³/mol. The van der Waals surface area contributed by atoms with Crippen molar-refractivity contribution >= 4 is 0 Å². The molecule has 1 aromatic rings. The predicted octanol–water partition coefficient (Wildman–Crippen LogP) is 5.02. The van der Waals surface area contributed by atoms with Crippen molar-refractivity contribution in [2.24, 2.45) is 11.3 Å². The summed E-state index contributed by atoms with van der Waals surface area (Å²) in [5, 5.41) is 9.83. The molecule has 0 aromatic carbocycles. The summed E-state index contributed by atoms with van der Waals surface area (Å²) >= 11 is 0. The van der Waals surface area contributed by atoms with Crippen LogP contribution in [0.3, 0.4) is 0 Å². The van der Waals surface area contributed by atoms with Crippen LogP contribution in [0.1, 0.15) is 79.8 Å². The van der Waals surface area contributed by atoms with Crippen molar-refractivity contribution in [1.82, 2.24) is 9.97 Å². The molecule has 0 amide bonds. The van der Waals surface area contributed by atoms with Gasteiger partial charge in [-0.05, 0) is 32.6 Å². The fourth-order valence-electron chi connectivity index (χ4n) is 1.18. The minimum Gasteiger partial charge on any atom is -0.388 e. The monoisotopic (exact) mass is 382 g/mol. The summed E-state index contributed by atoms with van der Waals surface area (Å²) in [5.41, 5.74) is 0.681. The maximum absolute atomic E-state index is 9.83. The maximum Gasteiger partial charge on any atom is 2.00 e.